The van der Waals surface area contributed by atoms with Crippen LogP contribution in [-0.4, -0.2) is 27.9 Å². The van der Waals surface area contributed by atoms with Gasteiger partial charge >= 0.3 is 6.18 Å². The number of alkyl halides is 3. The Morgan fingerprint density at radius 2 is 1.72 bits per heavy atom. The average Bonchev–Trinajstić information content (AvgIpc) is 2.83. The lowest BCUT2D eigenvalue weighted by molar-refractivity contribution is -0.137. The molecule has 4 aromatic rings. The molecule has 2 aromatic heterocycles. The van der Waals surface area contributed by atoms with E-state index in [9.17, 15) is 18.0 Å². The molecular formula is C24H16Cl2F3N5O2. The van der Waals surface area contributed by atoms with Crippen LogP contribution in [0.1, 0.15) is 15.9 Å². The van der Waals surface area contributed by atoms with Crippen LogP contribution in [-0.2, 0) is 6.18 Å². The number of nitrogens with zero attached hydrogens (tertiary/aromatic N) is 3. The van der Waals surface area contributed by atoms with Crippen molar-refractivity contribution in [1.29, 1.82) is 0 Å². The van der Waals surface area contributed by atoms with Crippen molar-refractivity contribution in [3.63, 3.8) is 0 Å². The van der Waals surface area contributed by atoms with E-state index >= 15 is 0 Å². The van der Waals surface area contributed by atoms with Gasteiger partial charge in [-0.15, -0.1) is 0 Å². The largest absolute Gasteiger partial charge is 0.438 e. The van der Waals surface area contributed by atoms with Crippen molar-refractivity contribution in [3.8, 4) is 22.9 Å². The maximum Gasteiger partial charge on any atom is 0.416 e. The molecule has 7 nitrogen and oxygen atoms in total. The van der Waals surface area contributed by atoms with Crippen LogP contribution in [0.2, 0.25) is 10.0 Å². The number of rotatable bonds is 6. The molecule has 0 saturated carbocycles. The smallest absolute Gasteiger partial charge is 0.416 e. The van der Waals surface area contributed by atoms with Crippen LogP contribution >= 0.6 is 23.2 Å². The third kappa shape index (κ3) is 6.02. The van der Waals surface area contributed by atoms with Gasteiger partial charge in [-0.25, -0.2) is 15.0 Å². The average molecular weight is 534 g/mol. The minimum Gasteiger partial charge on any atom is -0.438 e. The zero-order chi connectivity index (χ0) is 25.9. The number of benzene rings is 2. The van der Waals surface area contributed by atoms with Gasteiger partial charge < -0.3 is 15.4 Å². The molecule has 0 bridgehead atoms. The van der Waals surface area contributed by atoms with Gasteiger partial charge in [0.2, 0.25) is 11.8 Å². The molecule has 0 atom stereocenters. The number of carbonyl (C=O) groups is 1. The van der Waals surface area contributed by atoms with E-state index in [1.165, 1.54) is 36.7 Å². The molecule has 0 unspecified atom stereocenters. The Kier molecular flexibility index (Phi) is 7.27. The van der Waals surface area contributed by atoms with E-state index in [2.05, 4.69) is 25.6 Å². The van der Waals surface area contributed by atoms with Crippen molar-refractivity contribution in [3.05, 3.63) is 88.2 Å². The zero-order valence-electron chi connectivity index (χ0n) is 18.4. The van der Waals surface area contributed by atoms with Crippen molar-refractivity contribution in [2.45, 2.75) is 6.18 Å². The molecule has 2 heterocycles. The van der Waals surface area contributed by atoms with Gasteiger partial charge in [-0.2, -0.15) is 13.2 Å². The summed E-state index contributed by atoms with van der Waals surface area (Å²) in [6, 6.07) is 11.9. The van der Waals surface area contributed by atoms with Crippen LogP contribution in [0.5, 0.6) is 11.6 Å². The van der Waals surface area contributed by atoms with Crippen LogP contribution < -0.4 is 15.4 Å². The Hall–Kier alpha value is -3.89. The molecule has 2 aromatic carbocycles. The first-order valence-electron chi connectivity index (χ1n) is 10.3. The van der Waals surface area contributed by atoms with E-state index in [4.69, 9.17) is 27.9 Å². The standard InChI is InChI=1S/C24H16Cl2F3N5O2/c1-30-23-32-6-4-20(34-23)19-3-2-5-31-22(19)36-18-10-14(24(27,28)29)9-17(12-18)33-21(35)13-7-15(25)11-16(26)8-13/h2-12H,1H3,(H,33,35)(H,30,32,34). The number of pyridine rings is 1. The lowest BCUT2D eigenvalue weighted by atomic mass is 10.1. The summed E-state index contributed by atoms with van der Waals surface area (Å²) in [4.78, 5) is 25.2. The first kappa shape index (κ1) is 25.2. The number of halogens is 5. The van der Waals surface area contributed by atoms with Crippen LogP contribution in [0.15, 0.2) is 67.0 Å². The number of aromatic nitrogens is 3. The number of hydrogen-bond donors (Lipinski definition) is 2. The van der Waals surface area contributed by atoms with Crippen molar-refractivity contribution in [2.75, 3.05) is 17.7 Å². The minimum atomic E-state index is -4.71. The molecule has 12 heteroatoms. The maximum absolute atomic E-state index is 13.6. The molecule has 0 saturated heterocycles. The van der Waals surface area contributed by atoms with Crippen LogP contribution in [0.3, 0.4) is 0 Å². The second-order valence-electron chi connectivity index (χ2n) is 7.33. The summed E-state index contributed by atoms with van der Waals surface area (Å²) in [6.45, 7) is 0. The Labute approximate surface area is 213 Å². The van der Waals surface area contributed by atoms with E-state index < -0.39 is 17.6 Å². The quantitative estimate of drug-likeness (QED) is 0.278. The highest BCUT2D eigenvalue weighted by Gasteiger charge is 2.32. The lowest BCUT2D eigenvalue weighted by Gasteiger charge is -2.15. The monoisotopic (exact) mass is 533 g/mol. The fourth-order valence-electron chi connectivity index (χ4n) is 3.19. The molecule has 0 spiro atoms. The second-order valence-corrected chi connectivity index (χ2v) is 8.20. The maximum atomic E-state index is 13.6. The Balaban J connectivity index is 1.70. The lowest BCUT2D eigenvalue weighted by Crippen LogP contribution is -2.13. The van der Waals surface area contributed by atoms with Crippen LogP contribution in [0.4, 0.5) is 24.8 Å². The van der Waals surface area contributed by atoms with E-state index in [1.807, 2.05) is 0 Å². The van der Waals surface area contributed by atoms with Gasteiger partial charge in [-0.05, 0) is 48.5 Å². The highest BCUT2D eigenvalue weighted by Crippen LogP contribution is 2.37. The number of ether oxygens (including phenoxy) is 1. The predicted molar refractivity (Wildman–Crippen MR) is 131 cm³/mol. The first-order chi connectivity index (χ1) is 17.1. The third-order valence-corrected chi connectivity index (χ3v) is 5.19. The molecule has 184 valence electrons. The first-order valence-corrected chi connectivity index (χ1v) is 11.0. The number of carbonyl (C=O) groups excluding carboxylic acids is 1. The molecule has 0 fully saturated rings. The highest BCUT2D eigenvalue weighted by atomic mass is 35.5. The van der Waals surface area contributed by atoms with Gasteiger partial charge in [-0.1, -0.05) is 23.2 Å². The second kappa shape index (κ2) is 10.4. The Morgan fingerprint density at radius 1 is 0.972 bits per heavy atom. The molecule has 0 aliphatic carbocycles. The van der Waals surface area contributed by atoms with E-state index in [0.29, 0.717) is 17.2 Å². The van der Waals surface area contributed by atoms with Gasteiger partial charge in [0.1, 0.15) is 5.75 Å². The summed E-state index contributed by atoms with van der Waals surface area (Å²) in [5.41, 5.74) is -0.249. The summed E-state index contributed by atoms with van der Waals surface area (Å²) < 4.78 is 46.7. The number of amides is 1. The summed E-state index contributed by atoms with van der Waals surface area (Å²) in [5.74, 6) is -0.556. The number of nitrogens with one attached hydrogen (secondary N) is 2. The van der Waals surface area contributed by atoms with Gasteiger partial charge in [0.25, 0.3) is 5.91 Å². The fourth-order valence-corrected chi connectivity index (χ4v) is 3.72. The van der Waals surface area contributed by atoms with Gasteiger partial charge in [-0.3, -0.25) is 4.79 Å². The molecule has 0 aliphatic rings. The zero-order valence-corrected chi connectivity index (χ0v) is 19.9. The summed E-state index contributed by atoms with van der Waals surface area (Å²) in [5, 5.41) is 5.64. The fraction of sp³-hybridized carbons (Fsp3) is 0.0833. The van der Waals surface area contributed by atoms with Crippen LogP contribution in [0.25, 0.3) is 11.3 Å². The number of anilines is 2. The molecular weight excluding hydrogens is 518 g/mol. The van der Waals surface area contributed by atoms with Crippen molar-refractivity contribution >= 4 is 40.7 Å². The van der Waals surface area contributed by atoms with Gasteiger partial charge in [0.15, 0.2) is 0 Å². The SMILES string of the molecule is CNc1nccc(-c2cccnc2Oc2cc(NC(=O)c3cc(Cl)cc(Cl)c3)cc(C(F)(F)F)c2)n1. The van der Waals surface area contributed by atoms with Crippen molar-refractivity contribution in [1.82, 2.24) is 15.0 Å². The molecule has 0 radical (unpaired) electrons. The molecule has 2 N–H and O–H groups in total. The molecule has 1 amide bonds. The summed E-state index contributed by atoms with van der Waals surface area (Å²) in [7, 11) is 1.65. The van der Waals surface area contributed by atoms with Crippen LogP contribution in [0, 0.1) is 0 Å². The van der Waals surface area contributed by atoms with E-state index in [1.54, 1.807) is 25.2 Å². The topological polar surface area (TPSA) is 89.0 Å². The van der Waals surface area contributed by atoms with Gasteiger partial charge in [0, 0.05) is 46.8 Å². The molecule has 36 heavy (non-hydrogen) atoms. The van der Waals surface area contributed by atoms with Gasteiger partial charge in [0.05, 0.1) is 16.8 Å². The Bertz CT molecular complexity index is 1410. The number of hydrogen-bond acceptors (Lipinski definition) is 6. The van der Waals surface area contributed by atoms with E-state index in [0.717, 1.165) is 12.1 Å². The minimum absolute atomic E-state index is 0.0106. The Morgan fingerprint density at radius 3 is 2.42 bits per heavy atom. The predicted octanol–water partition coefficient (Wildman–Crippen LogP) is 6.95. The normalized spacial score (nSPS) is 11.2. The van der Waals surface area contributed by atoms with E-state index in [-0.39, 0.29) is 32.9 Å². The third-order valence-electron chi connectivity index (χ3n) is 4.76. The highest BCUT2D eigenvalue weighted by molar-refractivity contribution is 6.35. The summed E-state index contributed by atoms with van der Waals surface area (Å²) >= 11 is 11.9. The van der Waals surface area contributed by atoms with Crippen molar-refractivity contribution < 1.29 is 22.7 Å². The summed E-state index contributed by atoms with van der Waals surface area (Å²) in [6.07, 6.45) is -1.76. The van der Waals surface area contributed by atoms with Crippen molar-refractivity contribution in [2.24, 2.45) is 0 Å². The molecule has 0 aliphatic heterocycles. The molecule has 4 rings (SSSR count).